The van der Waals surface area contributed by atoms with Crippen molar-refractivity contribution in [3.8, 4) is 0 Å². The molecule has 1 N–H and O–H groups in total. The standard InChI is InChI=1S/C16H25ClN2/c1-3-18-16(14-6-8-15(17)9-7-14)10-12-19-11-4-5-13(19)2/h6-9,13,16,18H,3-5,10-12H2,1-2H3. The van der Waals surface area contributed by atoms with Gasteiger partial charge >= 0.3 is 0 Å². The van der Waals surface area contributed by atoms with Gasteiger partial charge in [-0.25, -0.2) is 0 Å². The van der Waals surface area contributed by atoms with E-state index >= 15 is 0 Å². The Kier molecular flexibility index (Phi) is 5.68. The predicted molar refractivity (Wildman–Crippen MR) is 82.8 cm³/mol. The van der Waals surface area contributed by atoms with E-state index in [2.05, 4.69) is 36.2 Å². The smallest absolute Gasteiger partial charge is 0.0406 e. The molecule has 0 saturated carbocycles. The van der Waals surface area contributed by atoms with Gasteiger partial charge in [-0.15, -0.1) is 0 Å². The minimum Gasteiger partial charge on any atom is -0.310 e. The van der Waals surface area contributed by atoms with Crippen molar-refractivity contribution in [1.29, 1.82) is 0 Å². The van der Waals surface area contributed by atoms with Gasteiger partial charge in [0.2, 0.25) is 0 Å². The van der Waals surface area contributed by atoms with Gasteiger partial charge in [-0.1, -0.05) is 30.7 Å². The molecule has 0 bridgehead atoms. The number of nitrogens with one attached hydrogen (secondary N) is 1. The van der Waals surface area contributed by atoms with Gasteiger partial charge in [-0.3, -0.25) is 0 Å². The van der Waals surface area contributed by atoms with Gasteiger partial charge in [0.15, 0.2) is 0 Å². The minimum absolute atomic E-state index is 0.440. The van der Waals surface area contributed by atoms with E-state index in [9.17, 15) is 0 Å². The molecule has 2 nitrogen and oxygen atoms in total. The first-order chi connectivity index (χ1) is 9.20. The minimum atomic E-state index is 0.440. The molecule has 0 aromatic heterocycles. The van der Waals surface area contributed by atoms with Gasteiger partial charge in [0, 0.05) is 23.7 Å². The lowest BCUT2D eigenvalue weighted by Gasteiger charge is -2.25. The summed E-state index contributed by atoms with van der Waals surface area (Å²) in [5, 5.41) is 4.40. The molecule has 1 saturated heterocycles. The Morgan fingerprint density at radius 3 is 2.68 bits per heavy atom. The van der Waals surface area contributed by atoms with Crippen LogP contribution in [0, 0.1) is 0 Å². The molecule has 2 atom stereocenters. The Balaban J connectivity index is 1.93. The van der Waals surface area contributed by atoms with Crippen LogP contribution in [0.3, 0.4) is 0 Å². The number of benzene rings is 1. The van der Waals surface area contributed by atoms with E-state index in [1.165, 1.54) is 37.9 Å². The maximum absolute atomic E-state index is 5.96. The van der Waals surface area contributed by atoms with Crippen LogP contribution in [0.1, 0.15) is 44.7 Å². The van der Waals surface area contributed by atoms with Crippen molar-refractivity contribution >= 4 is 11.6 Å². The maximum Gasteiger partial charge on any atom is 0.0406 e. The largest absolute Gasteiger partial charge is 0.310 e. The zero-order valence-electron chi connectivity index (χ0n) is 12.0. The number of halogens is 1. The van der Waals surface area contributed by atoms with Crippen LogP contribution in [0.2, 0.25) is 5.02 Å². The van der Waals surface area contributed by atoms with Crippen molar-refractivity contribution in [2.24, 2.45) is 0 Å². The first kappa shape index (κ1) is 14.8. The average molecular weight is 281 g/mol. The molecule has 2 unspecified atom stereocenters. The van der Waals surface area contributed by atoms with Gasteiger partial charge in [-0.2, -0.15) is 0 Å². The summed E-state index contributed by atoms with van der Waals surface area (Å²) in [6.45, 7) is 7.96. The summed E-state index contributed by atoms with van der Waals surface area (Å²) in [5.74, 6) is 0. The molecule has 3 heteroatoms. The molecule has 1 aliphatic rings. The molecular formula is C16H25ClN2. The van der Waals surface area contributed by atoms with Crippen LogP contribution in [-0.4, -0.2) is 30.6 Å². The first-order valence-corrected chi connectivity index (χ1v) is 7.81. The highest BCUT2D eigenvalue weighted by molar-refractivity contribution is 6.30. The van der Waals surface area contributed by atoms with Crippen molar-refractivity contribution in [3.05, 3.63) is 34.9 Å². The molecule has 1 aromatic rings. The molecule has 1 aromatic carbocycles. The fraction of sp³-hybridized carbons (Fsp3) is 0.625. The van der Waals surface area contributed by atoms with Crippen LogP contribution in [0.25, 0.3) is 0 Å². The molecule has 0 aliphatic carbocycles. The molecule has 2 rings (SSSR count). The molecule has 1 fully saturated rings. The lowest BCUT2D eigenvalue weighted by atomic mass is 10.0. The summed E-state index contributed by atoms with van der Waals surface area (Å²) < 4.78 is 0. The summed E-state index contributed by atoms with van der Waals surface area (Å²) in [4.78, 5) is 2.61. The number of rotatable bonds is 6. The molecule has 0 radical (unpaired) electrons. The normalized spacial score (nSPS) is 21.7. The van der Waals surface area contributed by atoms with Crippen molar-refractivity contribution in [2.75, 3.05) is 19.6 Å². The van der Waals surface area contributed by atoms with Crippen LogP contribution in [0.4, 0.5) is 0 Å². The lowest BCUT2D eigenvalue weighted by molar-refractivity contribution is 0.252. The Hall–Kier alpha value is -0.570. The fourth-order valence-electron chi connectivity index (χ4n) is 2.95. The third kappa shape index (κ3) is 4.20. The molecule has 19 heavy (non-hydrogen) atoms. The van der Waals surface area contributed by atoms with Crippen LogP contribution in [-0.2, 0) is 0 Å². The zero-order valence-corrected chi connectivity index (χ0v) is 12.8. The Labute approximate surface area is 122 Å². The third-order valence-corrected chi connectivity index (χ3v) is 4.37. The predicted octanol–water partition coefficient (Wildman–Crippen LogP) is 3.87. The molecule has 1 heterocycles. The summed E-state index contributed by atoms with van der Waals surface area (Å²) in [6.07, 6.45) is 3.88. The van der Waals surface area contributed by atoms with E-state index in [1.54, 1.807) is 0 Å². The monoisotopic (exact) mass is 280 g/mol. The average Bonchev–Trinajstić information content (AvgIpc) is 2.81. The number of nitrogens with zero attached hydrogens (tertiary/aromatic N) is 1. The lowest BCUT2D eigenvalue weighted by Crippen LogP contribution is -2.31. The Morgan fingerprint density at radius 2 is 2.11 bits per heavy atom. The van der Waals surface area contributed by atoms with E-state index in [0.29, 0.717) is 6.04 Å². The summed E-state index contributed by atoms with van der Waals surface area (Å²) in [6, 6.07) is 9.45. The van der Waals surface area contributed by atoms with Crippen LogP contribution < -0.4 is 5.32 Å². The second-order valence-electron chi connectivity index (χ2n) is 5.48. The zero-order chi connectivity index (χ0) is 13.7. The quantitative estimate of drug-likeness (QED) is 0.851. The van der Waals surface area contributed by atoms with Crippen molar-refractivity contribution < 1.29 is 0 Å². The third-order valence-electron chi connectivity index (χ3n) is 4.12. The molecule has 0 amide bonds. The van der Waals surface area contributed by atoms with Crippen molar-refractivity contribution in [2.45, 2.75) is 45.2 Å². The first-order valence-electron chi connectivity index (χ1n) is 7.43. The Bertz CT molecular complexity index is 377. The van der Waals surface area contributed by atoms with E-state index in [-0.39, 0.29) is 0 Å². The van der Waals surface area contributed by atoms with Crippen molar-refractivity contribution in [1.82, 2.24) is 10.2 Å². The van der Waals surface area contributed by atoms with Gasteiger partial charge in [-0.05, 0) is 57.0 Å². The summed E-state index contributed by atoms with van der Waals surface area (Å²) in [7, 11) is 0. The van der Waals surface area contributed by atoms with Crippen LogP contribution in [0.5, 0.6) is 0 Å². The maximum atomic E-state index is 5.96. The van der Waals surface area contributed by atoms with E-state index in [4.69, 9.17) is 11.6 Å². The van der Waals surface area contributed by atoms with E-state index in [1.807, 2.05) is 12.1 Å². The van der Waals surface area contributed by atoms with E-state index in [0.717, 1.165) is 17.6 Å². The second kappa shape index (κ2) is 7.28. The summed E-state index contributed by atoms with van der Waals surface area (Å²) in [5.41, 5.74) is 1.35. The number of hydrogen-bond acceptors (Lipinski definition) is 2. The second-order valence-corrected chi connectivity index (χ2v) is 5.91. The van der Waals surface area contributed by atoms with Gasteiger partial charge in [0.05, 0.1) is 0 Å². The molecule has 106 valence electrons. The highest BCUT2D eigenvalue weighted by atomic mass is 35.5. The SMILES string of the molecule is CCNC(CCN1CCCC1C)c1ccc(Cl)cc1. The van der Waals surface area contributed by atoms with Gasteiger partial charge < -0.3 is 10.2 Å². The number of likely N-dealkylation sites (tertiary alicyclic amines) is 1. The summed E-state index contributed by atoms with van der Waals surface area (Å²) >= 11 is 5.96. The van der Waals surface area contributed by atoms with E-state index < -0.39 is 0 Å². The molecule has 0 spiro atoms. The van der Waals surface area contributed by atoms with Crippen LogP contribution in [0.15, 0.2) is 24.3 Å². The molecular weight excluding hydrogens is 256 g/mol. The number of hydrogen-bond donors (Lipinski definition) is 1. The van der Waals surface area contributed by atoms with Gasteiger partial charge in [0.25, 0.3) is 0 Å². The van der Waals surface area contributed by atoms with Crippen LogP contribution >= 0.6 is 11.6 Å². The highest BCUT2D eigenvalue weighted by Crippen LogP contribution is 2.22. The van der Waals surface area contributed by atoms with Crippen molar-refractivity contribution in [3.63, 3.8) is 0 Å². The van der Waals surface area contributed by atoms with Gasteiger partial charge in [0.1, 0.15) is 0 Å². The Morgan fingerprint density at radius 1 is 1.37 bits per heavy atom. The highest BCUT2D eigenvalue weighted by Gasteiger charge is 2.21. The fourth-order valence-corrected chi connectivity index (χ4v) is 3.07. The topological polar surface area (TPSA) is 15.3 Å². The molecule has 1 aliphatic heterocycles.